The van der Waals surface area contributed by atoms with Crippen molar-refractivity contribution in [3.05, 3.63) is 23.8 Å². The smallest absolute Gasteiger partial charge is 0.341 e. The van der Waals surface area contributed by atoms with Crippen LogP contribution in [0.3, 0.4) is 0 Å². The van der Waals surface area contributed by atoms with E-state index in [9.17, 15) is 4.79 Å². The summed E-state index contributed by atoms with van der Waals surface area (Å²) in [7, 11) is 1.55. The largest absolute Gasteiger partial charge is 0.493 e. The van der Waals surface area contributed by atoms with Gasteiger partial charge in [0.1, 0.15) is 0 Å². The Kier molecular flexibility index (Phi) is 5.24. The molecule has 110 valence electrons. The molecule has 1 fully saturated rings. The molecular weight excluding hydrogens is 258 g/mol. The van der Waals surface area contributed by atoms with Gasteiger partial charge in [-0.3, -0.25) is 0 Å². The molecule has 1 saturated carbocycles. The van der Waals surface area contributed by atoms with Crippen molar-refractivity contribution >= 4 is 5.97 Å². The molecule has 1 aliphatic rings. The Bertz CT molecular complexity index is 455. The number of nitrogens with one attached hydrogen (secondary N) is 1. The van der Waals surface area contributed by atoms with Crippen LogP contribution in [0, 0.1) is 0 Å². The molecule has 2 rings (SSSR count). The first-order chi connectivity index (χ1) is 9.70. The Labute approximate surface area is 118 Å². The number of carbonyl (C=O) groups is 1. The van der Waals surface area contributed by atoms with Gasteiger partial charge in [0.15, 0.2) is 18.1 Å². The molecule has 5 nitrogen and oxygen atoms in total. The number of ether oxygens (including phenoxy) is 2. The van der Waals surface area contributed by atoms with E-state index in [2.05, 4.69) is 5.32 Å². The normalized spacial score (nSPS) is 15.2. The third-order valence-corrected chi connectivity index (χ3v) is 3.56. The molecule has 0 aromatic heterocycles. The molecule has 0 bridgehead atoms. The van der Waals surface area contributed by atoms with Gasteiger partial charge >= 0.3 is 5.97 Å². The van der Waals surface area contributed by atoms with E-state index in [-0.39, 0.29) is 6.61 Å². The van der Waals surface area contributed by atoms with E-state index in [1.54, 1.807) is 13.2 Å². The summed E-state index contributed by atoms with van der Waals surface area (Å²) in [5.74, 6) is 0.0884. The van der Waals surface area contributed by atoms with E-state index in [0.29, 0.717) is 24.1 Å². The van der Waals surface area contributed by atoms with E-state index in [4.69, 9.17) is 14.6 Å². The molecule has 0 atom stereocenters. The molecule has 1 aliphatic carbocycles. The highest BCUT2D eigenvalue weighted by atomic mass is 16.5. The molecule has 0 heterocycles. The number of aliphatic carboxylic acids is 1. The molecule has 0 unspecified atom stereocenters. The van der Waals surface area contributed by atoms with Crippen molar-refractivity contribution in [1.82, 2.24) is 5.32 Å². The van der Waals surface area contributed by atoms with Crippen LogP contribution in [0.1, 0.15) is 31.2 Å². The van der Waals surface area contributed by atoms with Crippen LogP contribution in [0.5, 0.6) is 11.5 Å². The summed E-state index contributed by atoms with van der Waals surface area (Å²) in [5, 5.41) is 12.2. The second-order valence-electron chi connectivity index (χ2n) is 4.99. The number of methoxy groups -OCH3 is 1. The molecule has 0 aliphatic heterocycles. The van der Waals surface area contributed by atoms with Crippen molar-refractivity contribution in [3.63, 3.8) is 0 Å². The third-order valence-electron chi connectivity index (χ3n) is 3.56. The monoisotopic (exact) mass is 279 g/mol. The fraction of sp³-hybridized carbons (Fsp3) is 0.533. The topological polar surface area (TPSA) is 67.8 Å². The first kappa shape index (κ1) is 14.7. The van der Waals surface area contributed by atoms with Gasteiger partial charge in [-0.05, 0) is 18.9 Å². The number of benzene rings is 1. The van der Waals surface area contributed by atoms with Crippen LogP contribution in [0.15, 0.2) is 18.2 Å². The van der Waals surface area contributed by atoms with Crippen molar-refractivity contribution < 1.29 is 19.4 Å². The zero-order chi connectivity index (χ0) is 14.4. The molecule has 2 N–H and O–H groups in total. The first-order valence-electron chi connectivity index (χ1n) is 6.94. The van der Waals surface area contributed by atoms with Crippen LogP contribution in [-0.2, 0) is 11.3 Å². The quantitative estimate of drug-likeness (QED) is 0.801. The van der Waals surface area contributed by atoms with E-state index >= 15 is 0 Å². The van der Waals surface area contributed by atoms with Gasteiger partial charge in [-0.1, -0.05) is 25.0 Å². The first-order valence-corrected chi connectivity index (χ1v) is 6.94. The maximum atomic E-state index is 10.7. The third kappa shape index (κ3) is 3.87. The molecule has 0 amide bonds. The van der Waals surface area contributed by atoms with Crippen molar-refractivity contribution in [1.29, 1.82) is 0 Å². The Morgan fingerprint density at radius 3 is 2.80 bits per heavy atom. The van der Waals surface area contributed by atoms with E-state index in [1.807, 2.05) is 12.1 Å². The van der Waals surface area contributed by atoms with Crippen LogP contribution in [0.4, 0.5) is 0 Å². The summed E-state index contributed by atoms with van der Waals surface area (Å²) in [4.78, 5) is 10.7. The number of carboxylic acids is 1. The second-order valence-corrected chi connectivity index (χ2v) is 4.99. The van der Waals surface area contributed by atoms with Crippen LogP contribution in [-0.4, -0.2) is 30.8 Å². The number of hydrogen-bond acceptors (Lipinski definition) is 4. The Balaban J connectivity index is 2.06. The molecule has 20 heavy (non-hydrogen) atoms. The number of carboxylic acid groups (broad SMARTS) is 1. The standard InChI is InChI=1S/C15H21NO4/c1-19-13-8-4-5-11(15(13)20-10-14(17)18)9-16-12-6-2-3-7-12/h4-5,8,12,16H,2-3,6-7,9-10H2,1H3,(H,17,18). The van der Waals surface area contributed by atoms with Gasteiger partial charge in [0.2, 0.25) is 0 Å². The Morgan fingerprint density at radius 1 is 1.40 bits per heavy atom. The summed E-state index contributed by atoms with van der Waals surface area (Å²) in [5.41, 5.74) is 0.928. The van der Waals surface area contributed by atoms with Crippen LogP contribution >= 0.6 is 0 Å². The maximum absolute atomic E-state index is 10.7. The summed E-state index contributed by atoms with van der Waals surface area (Å²) in [6, 6.07) is 6.14. The lowest BCUT2D eigenvalue weighted by Gasteiger charge is -2.16. The van der Waals surface area contributed by atoms with E-state index < -0.39 is 5.97 Å². The minimum absolute atomic E-state index is 0.364. The van der Waals surface area contributed by atoms with Gasteiger partial charge in [0, 0.05) is 18.2 Å². The van der Waals surface area contributed by atoms with Gasteiger partial charge in [0.05, 0.1) is 7.11 Å². The minimum atomic E-state index is -0.995. The van der Waals surface area contributed by atoms with Crippen LogP contribution < -0.4 is 14.8 Å². The molecule has 0 saturated heterocycles. The number of hydrogen-bond donors (Lipinski definition) is 2. The molecule has 0 spiro atoms. The summed E-state index contributed by atoms with van der Waals surface area (Å²) >= 11 is 0. The minimum Gasteiger partial charge on any atom is -0.493 e. The average molecular weight is 279 g/mol. The molecule has 1 aromatic carbocycles. The predicted octanol–water partition coefficient (Wildman–Crippen LogP) is 2.19. The lowest BCUT2D eigenvalue weighted by atomic mass is 10.1. The fourth-order valence-corrected chi connectivity index (χ4v) is 2.54. The van der Waals surface area contributed by atoms with Crippen molar-refractivity contribution in [2.75, 3.05) is 13.7 Å². The molecular formula is C15H21NO4. The zero-order valence-corrected chi connectivity index (χ0v) is 11.7. The number of rotatable bonds is 7. The van der Waals surface area contributed by atoms with Crippen LogP contribution in [0.2, 0.25) is 0 Å². The zero-order valence-electron chi connectivity index (χ0n) is 11.7. The molecule has 0 radical (unpaired) electrons. The van der Waals surface area contributed by atoms with Gasteiger partial charge in [-0.15, -0.1) is 0 Å². The highest BCUT2D eigenvalue weighted by Gasteiger charge is 2.16. The molecule has 5 heteroatoms. The average Bonchev–Trinajstić information content (AvgIpc) is 2.96. The van der Waals surface area contributed by atoms with Crippen LogP contribution in [0.25, 0.3) is 0 Å². The van der Waals surface area contributed by atoms with E-state index in [1.165, 1.54) is 25.7 Å². The summed E-state index contributed by atoms with van der Waals surface area (Å²) < 4.78 is 10.6. The van der Waals surface area contributed by atoms with Crippen molar-refractivity contribution in [2.24, 2.45) is 0 Å². The van der Waals surface area contributed by atoms with Gasteiger partial charge < -0.3 is 19.9 Å². The van der Waals surface area contributed by atoms with Crippen molar-refractivity contribution in [3.8, 4) is 11.5 Å². The Hall–Kier alpha value is -1.75. The van der Waals surface area contributed by atoms with Crippen molar-refractivity contribution in [2.45, 2.75) is 38.3 Å². The molecule has 1 aromatic rings. The fourth-order valence-electron chi connectivity index (χ4n) is 2.54. The Morgan fingerprint density at radius 2 is 2.15 bits per heavy atom. The second kappa shape index (κ2) is 7.14. The predicted molar refractivity (Wildman–Crippen MR) is 75.2 cm³/mol. The number of para-hydroxylation sites is 1. The highest BCUT2D eigenvalue weighted by molar-refractivity contribution is 5.68. The summed E-state index contributed by atoms with van der Waals surface area (Å²) in [6.07, 6.45) is 4.96. The van der Waals surface area contributed by atoms with Gasteiger partial charge in [0.25, 0.3) is 0 Å². The van der Waals surface area contributed by atoms with Gasteiger partial charge in [-0.2, -0.15) is 0 Å². The van der Waals surface area contributed by atoms with Gasteiger partial charge in [-0.25, -0.2) is 4.79 Å². The lowest BCUT2D eigenvalue weighted by molar-refractivity contribution is -0.139. The SMILES string of the molecule is COc1cccc(CNC2CCCC2)c1OCC(=O)O. The highest BCUT2D eigenvalue weighted by Crippen LogP contribution is 2.31. The maximum Gasteiger partial charge on any atom is 0.341 e. The summed E-state index contributed by atoms with van der Waals surface area (Å²) in [6.45, 7) is 0.299. The lowest BCUT2D eigenvalue weighted by Crippen LogP contribution is -2.25. The van der Waals surface area contributed by atoms with E-state index in [0.717, 1.165) is 5.56 Å².